The zero-order valence-electron chi connectivity index (χ0n) is 13.2. The van der Waals surface area contributed by atoms with Gasteiger partial charge in [0.1, 0.15) is 5.82 Å². The Hall–Kier alpha value is -1.02. The molecule has 2 nitrogen and oxygen atoms in total. The lowest BCUT2D eigenvalue weighted by molar-refractivity contribution is -0.465. The number of alkyl halides is 3. The van der Waals surface area contributed by atoms with Crippen LogP contribution in [-0.4, -0.2) is 23.2 Å². The van der Waals surface area contributed by atoms with Crippen molar-refractivity contribution in [1.29, 1.82) is 0 Å². The zero-order chi connectivity index (χ0) is 20.1. The van der Waals surface area contributed by atoms with Crippen LogP contribution in [-0.2, 0) is 5.41 Å². The molecule has 27 heavy (non-hydrogen) atoms. The minimum absolute atomic E-state index is 0.0444. The van der Waals surface area contributed by atoms with Gasteiger partial charge in [-0.1, -0.05) is 34.8 Å². The summed E-state index contributed by atoms with van der Waals surface area (Å²) < 4.78 is 56.1. The van der Waals surface area contributed by atoms with Gasteiger partial charge in [0.05, 0.1) is 26.0 Å². The number of hydrogen-bond acceptors (Lipinski definition) is 1. The largest absolute Gasteiger partial charge is 0.624 e. The summed E-state index contributed by atoms with van der Waals surface area (Å²) in [5, 5.41) is 12.1. The molecule has 1 atom stereocenters. The molecule has 0 radical (unpaired) electrons. The fourth-order valence-corrected chi connectivity index (χ4v) is 4.05. The third-order valence-electron chi connectivity index (χ3n) is 4.52. The van der Waals surface area contributed by atoms with Crippen molar-refractivity contribution in [3.8, 4) is 0 Å². The molecule has 1 unspecified atom stereocenters. The topological polar surface area (TPSA) is 26.1 Å². The van der Waals surface area contributed by atoms with E-state index in [9.17, 15) is 22.8 Å². The van der Waals surface area contributed by atoms with Crippen LogP contribution in [0.15, 0.2) is 34.8 Å². The molecule has 0 amide bonds. The summed E-state index contributed by atoms with van der Waals surface area (Å²) in [6.07, 6.45) is -5.42. The van der Waals surface area contributed by atoms with Gasteiger partial charge in [-0.25, -0.2) is 9.13 Å². The van der Waals surface area contributed by atoms with Gasteiger partial charge in [0, 0.05) is 5.56 Å². The van der Waals surface area contributed by atoms with Gasteiger partial charge < -0.3 is 5.21 Å². The monoisotopic (exact) mass is 503 g/mol. The molecule has 0 fully saturated rings. The highest BCUT2D eigenvalue weighted by Crippen LogP contribution is 2.49. The van der Waals surface area contributed by atoms with Crippen molar-refractivity contribution >= 4 is 56.4 Å². The van der Waals surface area contributed by atoms with E-state index in [4.69, 9.17) is 34.8 Å². The van der Waals surface area contributed by atoms with Crippen molar-refractivity contribution in [3.05, 3.63) is 72.0 Å². The van der Waals surface area contributed by atoms with Gasteiger partial charge in [-0.15, -0.1) is 0 Å². The lowest BCUT2D eigenvalue weighted by atomic mass is 9.76. The predicted octanol–water partition coefficient (Wildman–Crippen LogP) is 6.75. The van der Waals surface area contributed by atoms with Crippen LogP contribution in [0.3, 0.4) is 0 Å². The fraction of sp³-hybridized carbons (Fsp3) is 0.235. The summed E-state index contributed by atoms with van der Waals surface area (Å²) in [7, 11) is 0. The van der Waals surface area contributed by atoms with Crippen LogP contribution in [0, 0.1) is 11.0 Å². The lowest BCUT2D eigenvalue weighted by Crippen LogP contribution is -2.45. The van der Waals surface area contributed by atoms with E-state index in [0.717, 1.165) is 18.2 Å². The zero-order valence-corrected chi connectivity index (χ0v) is 17.0. The molecule has 0 saturated heterocycles. The Morgan fingerprint density at radius 1 is 1.07 bits per heavy atom. The Labute approximate surface area is 175 Å². The average Bonchev–Trinajstić information content (AvgIpc) is 2.93. The van der Waals surface area contributed by atoms with Gasteiger partial charge in [0.2, 0.25) is 0 Å². The van der Waals surface area contributed by atoms with Crippen molar-refractivity contribution in [3.63, 3.8) is 0 Å². The van der Waals surface area contributed by atoms with Gasteiger partial charge in [-0.3, -0.25) is 0 Å². The van der Waals surface area contributed by atoms with Gasteiger partial charge in [0.15, 0.2) is 17.7 Å². The first kappa shape index (κ1) is 20.7. The highest BCUT2D eigenvalue weighted by molar-refractivity contribution is 9.10. The first-order valence-corrected chi connectivity index (χ1v) is 9.36. The van der Waals surface area contributed by atoms with Crippen molar-refractivity contribution in [1.82, 2.24) is 0 Å². The van der Waals surface area contributed by atoms with E-state index in [1.54, 1.807) is 0 Å². The molecule has 0 bridgehead atoms. The maximum atomic E-state index is 14.1. The molecular formula is C17H9BrCl3F4NO. The SMILES string of the molecule is [O-][N+]1=C(c2ccc(F)c(Br)c2)CC(c2cc(Cl)c(Cl)c(Cl)c2)(C(F)(F)F)C1. The molecule has 0 aromatic heterocycles. The number of halogens is 8. The van der Waals surface area contributed by atoms with Crippen LogP contribution < -0.4 is 0 Å². The summed E-state index contributed by atoms with van der Waals surface area (Å²) in [6, 6.07) is 5.74. The Morgan fingerprint density at radius 2 is 1.67 bits per heavy atom. The van der Waals surface area contributed by atoms with Crippen LogP contribution in [0.25, 0.3) is 0 Å². The minimum Gasteiger partial charge on any atom is -0.624 e. The Kier molecular flexibility index (Phi) is 5.45. The first-order chi connectivity index (χ1) is 12.5. The quantitative estimate of drug-likeness (QED) is 0.192. The fourth-order valence-electron chi connectivity index (χ4n) is 3.07. The molecule has 1 heterocycles. The smallest absolute Gasteiger partial charge is 0.405 e. The molecule has 0 aliphatic carbocycles. The normalized spacial score (nSPS) is 20.4. The van der Waals surface area contributed by atoms with E-state index < -0.39 is 30.4 Å². The Balaban J connectivity index is 2.13. The Morgan fingerprint density at radius 3 is 2.19 bits per heavy atom. The molecule has 3 rings (SSSR count). The Bertz CT molecular complexity index is 941. The molecule has 0 saturated carbocycles. The maximum Gasteiger partial charge on any atom is 0.405 e. The van der Waals surface area contributed by atoms with Crippen molar-refractivity contribution in [2.75, 3.05) is 6.54 Å². The molecule has 0 N–H and O–H groups in total. The van der Waals surface area contributed by atoms with Crippen LogP contribution in [0.2, 0.25) is 15.1 Å². The van der Waals surface area contributed by atoms with E-state index in [2.05, 4.69) is 15.9 Å². The summed E-state index contributed by atoms with van der Waals surface area (Å²) >= 11 is 20.6. The highest BCUT2D eigenvalue weighted by Gasteiger charge is 2.63. The number of benzene rings is 2. The molecule has 1 aliphatic heterocycles. The molecular weight excluding hydrogens is 496 g/mol. The van der Waals surface area contributed by atoms with E-state index in [1.165, 1.54) is 12.1 Å². The molecule has 2 aromatic carbocycles. The van der Waals surface area contributed by atoms with E-state index in [0.29, 0.717) is 0 Å². The summed E-state index contributed by atoms with van der Waals surface area (Å²) in [5.74, 6) is -0.590. The third kappa shape index (κ3) is 3.55. The number of rotatable bonds is 2. The number of nitrogens with zero attached hydrogens (tertiary/aromatic N) is 1. The summed E-state index contributed by atoms with van der Waals surface area (Å²) in [4.78, 5) is 0. The van der Waals surface area contributed by atoms with Crippen LogP contribution in [0.5, 0.6) is 0 Å². The van der Waals surface area contributed by atoms with E-state index in [-0.39, 0.29) is 41.1 Å². The summed E-state index contributed by atoms with van der Waals surface area (Å²) in [6.45, 7) is -0.880. The second-order valence-corrected chi connectivity index (χ2v) is 8.17. The predicted molar refractivity (Wildman–Crippen MR) is 101 cm³/mol. The second kappa shape index (κ2) is 7.10. The van der Waals surface area contributed by atoms with Crippen LogP contribution in [0.1, 0.15) is 17.5 Å². The highest BCUT2D eigenvalue weighted by atomic mass is 79.9. The number of hydrogen-bond donors (Lipinski definition) is 0. The standard InChI is InChI=1S/C17H9BrCl3F4NO/c18-10-3-8(1-2-13(10)22)14-6-16(7-26(14)27,17(23,24)25)9-4-11(19)15(21)12(20)5-9/h1-5H,6-7H2. The van der Waals surface area contributed by atoms with Gasteiger partial charge in [-0.05, 0) is 51.8 Å². The van der Waals surface area contributed by atoms with Gasteiger partial charge >= 0.3 is 6.18 Å². The van der Waals surface area contributed by atoms with E-state index in [1.807, 2.05) is 0 Å². The maximum absolute atomic E-state index is 14.1. The van der Waals surface area contributed by atoms with E-state index >= 15 is 0 Å². The van der Waals surface area contributed by atoms with Crippen molar-refractivity contribution in [2.24, 2.45) is 0 Å². The average molecular weight is 506 g/mol. The second-order valence-electron chi connectivity index (χ2n) is 6.12. The summed E-state index contributed by atoms with van der Waals surface area (Å²) in [5.41, 5.74) is -2.71. The van der Waals surface area contributed by atoms with Crippen LogP contribution >= 0.6 is 50.7 Å². The first-order valence-electron chi connectivity index (χ1n) is 7.44. The molecule has 2 aromatic rings. The van der Waals surface area contributed by atoms with Crippen molar-refractivity contribution in [2.45, 2.75) is 18.0 Å². The molecule has 144 valence electrons. The minimum atomic E-state index is -4.77. The van der Waals surface area contributed by atoms with Gasteiger partial charge in [-0.2, -0.15) is 13.2 Å². The van der Waals surface area contributed by atoms with Gasteiger partial charge in [0.25, 0.3) is 0 Å². The molecule has 1 aliphatic rings. The lowest BCUT2D eigenvalue weighted by Gasteiger charge is -2.29. The molecule has 0 spiro atoms. The molecule has 10 heteroatoms. The number of hydroxylamine groups is 1. The van der Waals surface area contributed by atoms with Crippen molar-refractivity contribution < 1.29 is 22.3 Å². The third-order valence-corrected chi connectivity index (χ3v) is 6.32. The van der Waals surface area contributed by atoms with Crippen LogP contribution in [0.4, 0.5) is 17.6 Å².